The van der Waals surface area contributed by atoms with Crippen LogP contribution >= 0.6 is 0 Å². The van der Waals surface area contributed by atoms with E-state index < -0.39 is 5.97 Å². The van der Waals surface area contributed by atoms with Crippen LogP contribution < -0.4 is 0 Å². The van der Waals surface area contributed by atoms with Gasteiger partial charge in [0.1, 0.15) is 0 Å². The summed E-state index contributed by atoms with van der Waals surface area (Å²) in [5.74, 6) is -0.762. The molecule has 0 heterocycles. The zero-order valence-corrected chi connectivity index (χ0v) is 11.3. The number of allylic oxidation sites excluding steroid dienone is 3. The highest BCUT2D eigenvalue weighted by atomic mass is 16.9. The van der Waals surface area contributed by atoms with Gasteiger partial charge in [0, 0.05) is 32.8 Å². The lowest BCUT2D eigenvalue weighted by molar-refractivity contribution is -0.329. The summed E-state index contributed by atoms with van der Waals surface area (Å²) in [7, 11) is 4.80. The van der Waals surface area contributed by atoms with E-state index in [1.54, 1.807) is 21.3 Å². The first kappa shape index (κ1) is 13.4. The summed E-state index contributed by atoms with van der Waals surface area (Å²) in [5, 5.41) is 0. The van der Waals surface area contributed by atoms with E-state index in [4.69, 9.17) is 14.2 Å². The molecule has 0 saturated carbocycles. The molecule has 0 amide bonds. The smallest absolute Gasteiger partial charge is 0.308 e. The van der Waals surface area contributed by atoms with Crippen molar-refractivity contribution >= 4 is 0 Å². The van der Waals surface area contributed by atoms with E-state index in [-0.39, 0.29) is 0 Å². The normalized spacial score (nSPS) is 22.3. The molecule has 0 radical (unpaired) electrons. The van der Waals surface area contributed by atoms with E-state index in [9.17, 15) is 0 Å². The third kappa shape index (κ3) is 1.73. The van der Waals surface area contributed by atoms with Crippen molar-refractivity contribution in [3.05, 3.63) is 22.3 Å². The average molecular weight is 226 g/mol. The van der Waals surface area contributed by atoms with E-state index in [2.05, 4.69) is 27.7 Å². The number of hydrogen-bond acceptors (Lipinski definition) is 3. The SMILES string of the molecule is COC(OC)(OC)C1=C(C)C(C)=C(C)C1C. The van der Waals surface area contributed by atoms with Crippen LogP contribution in [0.3, 0.4) is 0 Å². The summed E-state index contributed by atoms with van der Waals surface area (Å²) in [4.78, 5) is 0. The van der Waals surface area contributed by atoms with Crippen molar-refractivity contribution in [1.29, 1.82) is 0 Å². The van der Waals surface area contributed by atoms with Gasteiger partial charge in [0.2, 0.25) is 0 Å². The maximum Gasteiger partial charge on any atom is 0.308 e. The molecule has 0 bridgehead atoms. The maximum absolute atomic E-state index is 5.43. The Kier molecular flexibility index (Phi) is 3.94. The highest BCUT2D eigenvalue weighted by Crippen LogP contribution is 2.43. The lowest BCUT2D eigenvalue weighted by Gasteiger charge is -2.33. The fraction of sp³-hybridized carbons (Fsp3) is 0.692. The van der Waals surface area contributed by atoms with Crippen LogP contribution in [0.1, 0.15) is 27.7 Å². The van der Waals surface area contributed by atoms with E-state index in [0.29, 0.717) is 5.92 Å². The lowest BCUT2D eigenvalue weighted by atomic mass is 9.96. The molecule has 3 nitrogen and oxygen atoms in total. The second kappa shape index (κ2) is 4.70. The molecule has 1 unspecified atom stereocenters. The van der Waals surface area contributed by atoms with Crippen LogP contribution in [0, 0.1) is 5.92 Å². The highest BCUT2D eigenvalue weighted by Gasteiger charge is 2.42. The van der Waals surface area contributed by atoms with Gasteiger partial charge in [0.15, 0.2) is 0 Å². The molecular weight excluding hydrogens is 204 g/mol. The third-order valence-electron chi connectivity index (χ3n) is 3.78. The predicted octanol–water partition coefficient (Wildman–Crippen LogP) is 2.88. The molecule has 0 aromatic heterocycles. The average Bonchev–Trinajstić information content (AvgIpc) is 2.49. The largest absolute Gasteiger partial charge is 0.327 e. The van der Waals surface area contributed by atoms with Gasteiger partial charge in [-0.15, -0.1) is 0 Å². The van der Waals surface area contributed by atoms with Gasteiger partial charge >= 0.3 is 5.97 Å². The molecule has 0 aromatic rings. The molecule has 92 valence electrons. The molecule has 16 heavy (non-hydrogen) atoms. The van der Waals surface area contributed by atoms with Gasteiger partial charge in [-0.05, 0) is 31.9 Å². The molecule has 0 aliphatic heterocycles. The van der Waals surface area contributed by atoms with Crippen LogP contribution in [-0.2, 0) is 14.2 Å². The van der Waals surface area contributed by atoms with E-state index in [0.717, 1.165) is 5.57 Å². The molecule has 3 heteroatoms. The minimum atomic E-state index is -1.05. The second-order valence-corrected chi connectivity index (χ2v) is 4.24. The Hall–Kier alpha value is -0.640. The van der Waals surface area contributed by atoms with Gasteiger partial charge in [-0.3, -0.25) is 0 Å². The zero-order valence-electron chi connectivity index (χ0n) is 11.3. The molecule has 1 atom stereocenters. The topological polar surface area (TPSA) is 27.7 Å². The van der Waals surface area contributed by atoms with Crippen LogP contribution in [0.25, 0.3) is 0 Å². The monoisotopic (exact) mass is 226 g/mol. The Morgan fingerprint density at radius 1 is 0.875 bits per heavy atom. The molecule has 0 N–H and O–H groups in total. The van der Waals surface area contributed by atoms with Crippen molar-refractivity contribution in [1.82, 2.24) is 0 Å². The Labute approximate surface area is 98.1 Å². The van der Waals surface area contributed by atoms with Gasteiger partial charge in [-0.2, -0.15) is 0 Å². The lowest BCUT2D eigenvalue weighted by Crippen LogP contribution is -2.40. The minimum absolute atomic E-state index is 0.292. The van der Waals surface area contributed by atoms with Crippen LogP contribution in [0.5, 0.6) is 0 Å². The maximum atomic E-state index is 5.43. The molecule has 1 aliphatic rings. The fourth-order valence-corrected chi connectivity index (χ4v) is 2.44. The van der Waals surface area contributed by atoms with Gasteiger partial charge < -0.3 is 14.2 Å². The van der Waals surface area contributed by atoms with Crippen molar-refractivity contribution in [2.75, 3.05) is 21.3 Å². The van der Waals surface area contributed by atoms with Gasteiger partial charge in [0.05, 0.1) is 0 Å². The Morgan fingerprint density at radius 3 is 1.56 bits per heavy atom. The summed E-state index contributed by atoms with van der Waals surface area (Å²) < 4.78 is 16.3. The predicted molar refractivity (Wildman–Crippen MR) is 64.0 cm³/mol. The number of hydrogen-bond donors (Lipinski definition) is 0. The van der Waals surface area contributed by atoms with Crippen molar-refractivity contribution in [2.24, 2.45) is 5.92 Å². The highest BCUT2D eigenvalue weighted by molar-refractivity contribution is 5.48. The summed E-state index contributed by atoms with van der Waals surface area (Å²) in [6.45, 7) is 8.50. The standard InChI is InChI=1S/C13H22O3/c1-8-9(2)11(4)12(10(8)3)13(14-5,15-6)16-7/h10H,1-7H3. The molecular formula is C13H22O3. The van der Waals surface area contributed by atoms with Crippen LogP contribution in [0.15, 0.2) is 22.3 Å². The molecule has 1 rings (SSSR count). The molecule has 0 spiro atoms. The van der Waals surface area contributed by atoms with Crippen LogP contribution in [0.4, 0.5) is 0 Å². The van der Waals surface area contributed by atoms with Gasteiger partial charge in [0.25, 0.3) is 0 Å². The minimum Gasteiger partial charge on any atom is -0.327 e. The summed E-state index contributed by atoms with van der Waals surface area (Å²) in [6.07, 6.45) is 0. The third-order valence-corrected chi connectivity index (χ3v) is 3.78. The van der Waals surface area contributed by atoms with Crippen molar-refractivity contribution in [2.45, 2.75) is 33.7 Å². The Balaban J connectivity index is 3.25. The number of ether oxygens (including phenoxy) is 3. The Morgan fingerprint density at radius 2 is 1.31 bits per heavy atom. The van der Waals surface area contributed by atoms with E-state index >= 15 is 0 Å². The fourth-order valence-electron chi connectivity index (χ4n) is 2.44. The quantitative estimate of drug-likeness (QED) is 0.690. The first-order valence-corrected chi connectivity index (χ1v) is 5.49. The zero-order chi connectivity index (χ0) is 12.5. The first-order valence-electron chi connectivity index (χ1n) is 5.49. The van der Waals surface area contributed by atoms with Crippen molar-refractivity contribution < 1.29 is 14.2 Å². The van der Waals surface area contributed by atoms with E-state index in [1.807, 2.05) is 0 Å². The molecule has 1 aliphatic carbocycles. The summed E-state index contributed by atoms with van der Waals surface area (Å²) in [6, 6.07) is 0. The van der Waals surface area contributed by atoms with Crippen molar-refractivity contribution in [3.63, 3.8) is 0 Å². The Bertz CT molecular complexity index is 327. The van der Waals surface area contributed by atoms with Crippen LogP contribution in [-0.4, -0.2) is 27.3 Å². The second-order valence-electron chi connectivity index (χ2n) is 4.24. The summed E-state index contributed by atoms with van der Waals surface area (Å²) in [5.41, 5.74) is 4.92. The number of rotatable bonds is 4. The first-order chi connectivity index (χ1) is 7.45. The van der Waals surface area contributed by atoms with Crippen LogP contribution in [0.2, 0.25) is 0 Å². The molecule has 0 saturated heterocycles. The molecule has 0 aromatic carbocycles. The van der Waals surface area contributed by atoms with Crippen molar-refractivity contribution in [3.8, 4) is 0 Å². The summed E-state index contributed by atoms with van der Waals surface area (Å²) >= 11 is 0. The van der Waals surface area contributed by atoms with Gasteiger partial charge in [-0.1, -0.05) is 12.5 Å². The molecule has 0 fully saturated rings. The van der Waals surface area contributed by atoms with Gasteiger partial charge in [-0.25, -0.2) is 0 Å². The number of methoxy groups -OCH3 is 3. The van der Waals surface area contributed by atoms with E-state index in [1.165, 1.54) is 16.7 Å².